The quantitative estimate of drug-likeness (QED) is 0.338. The molecule has 0 radical (unpaired) electrons. The highest BCUT2D eigenvalue weighted by Crippen LogP contribution is 2.32. The van der Waals surface area contributed by atoms with Crippen molar-refractivity contribution in [2.45, 2.75) is 39.0 Å². The molecule has 1 N–H and O–H groups in total. The molecule has 0 atom stereocenters. The number of carbonyl (C=O) groups is 1. The van der Waals surface area contributed by atoms with Crippen molar-refractivity contribution < 1.29 is 37.0 Å². The molecule has 5 nitrogen and oxygen atoms in total. The highest BCUT2D eigenvalue weighted by atomic mass is 19.4. The summed E-state index contributed by atoms with van der Waals surface area (Å²) in [4.78, 5) is 11.1. The van der Waals surface area contributed by atoms with E-state index in [-0.39, 0.29) is 0 Å². The predicted octanol–water partition coefficient (Wildman–Crippen LogP) is 7.00. The lowest BCUT2D eigenvalue weighted by Gasteiger charge is -2.21. The number of halogens is 3. The lowest BCUT2D eigenvalue weighted by atomic mass is 10.1. The second-order valence-electron chi connectivity index (χ2n) is 8.13. The number of benzene rings is 2. The molecule has 3 rings (SSSR count). The summed E-state index contributed by atoms with van der Waals surface area (Å²) >= 11 is 0. The van der Waals surface area contributed by atoms with Crippen LogP contribution in [-0.2, 0) is 11.0 Å². The zero-order valence-corrected chi connectivity index (χ0v) is 19.0. The van der Waals surface area contributed by atoms with Crippen LogP contribution in [0.2, 0.25) is 0 Å². The molecule has 0 saturated carbocycles. The number of hydrogen-bond acceptors (Lipinski definition) is 4. The van der Waals surface area contributed by atoms with E-state index in [1.807, 2.05) is 12.2 Å². The average molecular weight is 474 g/mol. The standard InChI is InChI=1S/C26H25F3O5/c1-17-19(16-23(33-17)18-7-9-20(10-8-18)26(27,28)29)6-4-5-15-32-21-11-13-22(14-12-21)34-25(2,3)24(30)31/h4,6-14,16H,5,15H2,1-3H3,(H,30,31). The Morgan fingerprint density at radius 3 is 2.24 bits per heavy atom. The van der Waals surface area contributed by atoms with Crippen LogP contribution in [-0.4, -0.2) is 23.3 Å². The molecule has 0 amide bonds. The van der Waals surface area contributed by atoms with E-state index in [2.05, 4.69) is 0 Å². The molecule has 0 aliphatic carbocycles. The molecule has 1 heterocycles. The Balaban J connectivity index is 1.52. The lowest BCUT2D eigenvalue weighted by molar-refractivity contribution is -0.152. The van der Waals surface area contributed by atoms with Gasteiger partial charge in [-0.2, -0.15) is 13.2 Å². The van der Waals surface area contributed by atoms with E-state index in [4.69, 9.17) is 19.0 Å². The van der Waals surface area contributed by atoms with Crippen LogP contribution in [0.5, 0.6) is 11.5 Å². The normalized spacial score (nSPS) is 12.2. The first kappa shape index (κ1) is 25.0. The van der Waals surface area contributed by atoms with Crippen LogP contribution in [0.3, 0.4) is 0 Å². The minimum absolute atomic E-state index is 0.417. The molecule has 0 unspecified atom stereocenters. The number of carboxylic acids is 1. The number of furan rings is 1. The molecule has 0 aliphatic heterocycles. The maximum atomic E-state index is 12.7. The molecule has 0 aliphatic rings. The van der Waals surface area contributed by atoms with Crippen molar-refractivity contribution in [2.75, 3.05) is 6.61 Å². The van der Waals surface area contributed by atoms with Gasteiger partial charge in [-0.25, -0.2) is 4.79 Å². The number of aliphatic carboxylic acids is 1. The summed E-state index contributed by atoms with van der Waals surface area (Å²) in [7, 11) is 0. The molecule has 0 saturated heterocycles. The van der Waals surface area contributed by atoms with Gasteiger partial charge in [0.1, 0.15) is 23.0 Å². The second kappa shape index (κ2) is 10.1. The summed E-state index contributed by atoms with van der Waals surface area (Å²) in [5.74, 6) is 1.15. The summed E-state index contributed by atoms with van der Waals surface area (Å²) < 4.78 is 55.0. The van der Waals surface area contributed by atoms with Gasteiger partial charge in [-0.3, -0.25) is 0 Å². The predicted molar refractivity (Wildman–Crippen MR) is 122 cm³/mol. The fourth-order valence-electron chi connectivity index (χ4n) is 3.02. The van der Waals surface area contributed by atoms with Crippen molar-refractivity contribution in [1.82, 2.24) is 0 Å². The van der Waals surface area contributed by atoms with Crippen LogP contribution < -0.4 is 9.47 Å². The van der Waals surface area contributed by atoms with Gasteiger partial charge in [0.05, 0.1) is 12.2 Å². The molecule has 34 heavy (non-hydrogen) atoms. The number of rotatable bonds is 9. The maximum Gasteiger partial charge on any atom is 0.416 e. The van der Waals surface area contributed by atoms with Crippen molar-refractivity contribution in [3.63, 3.8) is 0 Å². The molecule has 3 aromatic rings. The van der Waals surface area contributed by atoms with Crippen molar-refractivity contribution >= 4 is 12.0 Å². The highest BCUT2D eigenvalue weighted by Gasteiger charge is 2.30. The van der Waals surface area contributed by atoms with Crippen LogP contribution in [0.25, 0.3) is 17.4 Å². The summed E-state index contributed by atoms with van der Waals surface area (Å²) in [6.07, 6.45) is 0.0349. The van der Waals surface area contributed by atoms with Gasteiger partial charge in [0.2, 0.25) is 0 Å². The van der Waals surface area contributed by atoms with Crippen molar-refractivity contribution in [3.05, 3.63) is 77.6 Å². The topological polar surface area (TPSA) is 68.9 Å². The van der Waals surface area contributed by atoms with E-state index in [0.29, 0.717) is 41.6 Å². The molecule has 0 spiro atoms. The van der Waals surface area contributed by atoms with Crippen LogP contribution in [0.4, 0.5) is 13.2 Å². The van der Waals surface area contributed by atoms with Crippen molar-refractivity contribution in [1.29, 1.82) is 0 Å². The average Bonchev–Trinajstić information content (AvgIpc) is 3.14. The number of aryl methyl sites for hydroxylation is 1. The van der Waals surface area contributed by atoms with Crippen LogP contribution in [0.15, 0.2) is 65.1 Å². The van der Waals surface area contributed by atoms with Gasteiger partial charge in [0.25, 0.3) is 0 Å². The van der Waals surface area contributed by atoms with Gasteiger partial charge < -0.3 is 19.0 Å². The third-order valence-electron chi connectivity index (χ3n) is 5.02. The number of carboxylic acid groups (broad SMARTS) is 1. The van der Waals surface area contributed by atoms with E-state index in [1.165, 1.54) is 26.0 Å². The SMILES string of the molecule is Cc1oc(-c2ccc(C(F)(F)F)cc2)cc1C=CCCOc1ccc(OC(C)(C)C(=O)O)cc1. The Bertz CT molecular complexity index is 1140. The first-order chi connectivity index (χ1) is 16.0. The molecule has 2 aromatic carbocycles. The molecule has 8 heteroatoms. The van der Waals surface area contributed by atoms with Gasteiger partial charge in [0.15, 0.2) is 5.60 Å². The van der Waals surface area contributed by atoms with Crippen LogP contribution >= 0.6 is 0 Å². The lowest BCUT2D eigenvalue weighted by Crippen LogP contribution is -2.37. The van der Waals surface area contributed by atoms with Gasteiger partial charge in [0, 0.05) is 11.1 Å². The third kappa shape index (κ3) is 6.43. The molecule has 180 valence electrons. The van der Waals surface area contributed by atoms with Gasteiger partial charge >= 0.3 is 12.1 Å². The van der Waals surface area contributed by atoms with E-state index in [9.17, 15) is 18.0 Å². The van der Waals surface area contributed by atoms with Crippen LogP contribution in [0.1, 0.15) is 37.2 Å². The molecule has 0 bridgehead atoms. The van der Waals surface area contributed by atoms with Gasteiger partial charge in [-0.1, -0.05) is 24.3 Å². The molecule has 1 aromatic heterocycles. The number of hydrogen-bond donors (Lipinski definition) is 1. The monoisotopic (exact) mass is 474 g/mol. The fourth-order valence-corrected chi connectivity index (χ4v) is 3.02. The van der Waals surface area contributed by atoms with Crippen molar-refractivity contribution in [3.8, 4) is 22.8 Å². The fraction of sp³-hybridized carbons (Fsp3) is 0.269. The Labute approximate surface area is 195 Å². The number of ether oxygens (including phenoxy) is 2. The molecular weight excluding hydrogens is 449 g/mol. The van der Waals surface area contributed by atoms with Crippen molar-refractivity contribution in [2.24, 2.45) is 0 Å². The highest BCUT2D eigenvalue weighted by molar-refractivity contribution is 5.76. The summed E-state index contributed by atoms with van der Waals surface area (Å²) in [6.45, 7) is 5.15. The van der Waals surface area contributed by atoms with E-state index < -0.39 is 23.3 Å². The Hall–Kier alpha value is -3.68. The molecular formula is C26H25F3O5. The van der Waals surface area contributed by atoms with E-state index >= 15 is 0 Å². The smallest absolute Gasteiger partial charge is 0.416 e. The second-order valence-corrected chi connectivity index (χ2v) is 8.13. The minimum Gasteiger partial charge on any atom is -0.493 e. The van der Waals surface area contributed by atoms with E-state index in [1.54, 1.807) is 37.3 Å². The zero-order chi connectivity index (χ0) is 24.9. The zero-order valence-electron chi connectivity index (χ0n) is 19.0. The van der Waals surface area contributed by atoms with Gasteiger partial charge in [-0.05, 0) is 69.7 Å². The minimum atomic E-state index is -4.37. The Morgan fingerprint density at radius 1 is 1.03 bits per heavy atom. The first-order valence-electron chi connectivity index (χ1n) is 10.6. The van der Waals surface area contributed by atoms with E-state index in [0.717, 1.165) is 17.7 Å². The third-order valence-corrected chi connectivity index (χ3v) is 5.02. The maximum absolute atomic E-state index is 12.7. The summed E-state index contributed by atoms with van der Waals surface area (Å²) in [5, 5.41) is 9.12. The largest absolute Gasteiger partial charge is 0.493 e. The van der Waals surface area contributed by atoms with Crippen LogP contribution in [0, 0.1) is 6.92 Å². The summed E-state index contributed by atoms with van der Waals surface area (Å²) in [5.41, 5.74) is -0.633. The first-order valence-corrected chi connectivity index (χ1v) is 10.6. The summed E-state index contributed by atoms with van der Waals surface area (Å²) in [6, 6.07) is 13.3. The Kier molecular flexibility index (Phi) is 7.39. The molecule has 0 fully saturated rings. The number of alkyl halides is 3. The Morgan fingerprint density at radius 2 is 1.65 bits per heavy atom. The van der Waals surface area contributed by atoms with Gasteiger partial charge in [-0.15, -0.1) is 0 Å².